The SMILES string of the molecule is COc1ccc(C(=O)NC2CN3CCCCCCCCCCCCCCCCCCCCCC2CC3)c(N)c1. The first-order chi connectivity index (χ1) is 19.2. The molecule has 3 aliphatic heterocycles. The number of nitrogen functional groups attached to an aromatic ring is 1. The van der Waals surface area contributed by atoms with Crippen LogP contribution in [0.5, 0.6) is 5.75 Å². The molecule has 3 saturated heterocycles. The number of ether oxygens (including phenoxy) is 1. The number of fused-ring (bicyclic) bond motifs is 22. The number of anilines is 1. The zero-order valence-electron chi connectivity index (χ0n) is 25.2. The monoisotopic (exact) mass is 541 g/mol. The van der Waals surface area contributed by atoms with E-state index >= 15 is 0 Å². The second kappa shape index (κ2) is 19.3. The fourth-order valence-corrected chi connectivity index (χ4v) is 6.65. The van der Waals surface area contributed by atoms with Crippen molar-refractivity contribution in [3.8, 4) is 5.75 Å². The number of piperidine rings is 1. The number of methoxy groups -OCH3 is 1. The van der Waals surface area contributed by atoms with Gasteiger partial charge >= 0.3 is 0 Å². The minimum Gasteiger partial charge on any atom is -0.497 e. The van der Waals surface area contributed by atoms with Crippen molar-refractivity contribution in [2.24, 2.45) is 5.92 Å². The van der Waals surface area contributed by atoms with E-state index in [9.17, 15) is 4.79 Å². The molecule has 0 aromatic heterocycles. The predicted molar refractivity (Wildman–Crippen MR) is 166 cm³/mol. The van der Waals surface area contributed by atoms with Crippen molar-refractivity contribution in [3.63, 3.8) is 0 Å². The van der Waals surface area contributed by atoms with E-state index in [1.54, 1.807) is 19.2 Å². The lowest BCUT2D eigenvalue weighted by Crippen LogP contribution is -2.52. The number of hydrogen-bond acceptors (Lipinski definition) is 4. The molecule has 4 rings (SSSR count). The van der Waals surface area contributed by atoms with Crippen LogP contribution in [0.3, 0.4) is 0 Å². The van der Waals surface area contributed by atoms with Gasteiger partial charge in [-0.15, -0.1) is 0 Å². The smallest absolute Gasteiger partial charge is 0.253 e. The molecule has 3 atom stereocenters. The van der Waals surface area contributed by atoms with Crippen molar-refractivity contribution >= 4 is 11.6 Å². The van der Waals surface area contributed by atoms with Gasteiger partial charge in [-0.25, -0.2) is 0 Å². The number of nitrogens with zero attached hydrogens (tertiary/aromatic N) is 1. The summed E-state index contributed by atoms with van der Waals surface area (Å²) in [5, 5.41) is 3.41. The van der Waals surface area contributed by atoms with Crippen molar-refractivity contribution in [3.05, 3.63) is 23.8 Å². The number of rotatable bonds is 3. The van der Waals surface area contributed by atoms with Crippen LogP contribution in [0.25, 0.3) is 0 Å². The fourth-order valence-electron chi connectivity index (χ4n) is 6.65. The number of hydrogen-bond donors (Lipinski definition) is 2. The molecule has 0 radical (unpaired) electrons. The summed E-state index contributed by atoms with van der Waals surface area (Å²) >= 11 is 0. The fraction of sp³-hybridized carbons (Fsp3) is 0.794. The van der Waals surface area contributed by atoms with E-state index in [1.165, 1.54) is 141 Å². The Balaban J connectivity index is 1.52. The van der Waals surface area contributed by atoms with E-state index in [2.05, 4.69) is 10.2 Å². The van der Waals surface area contributed by atoms with Gasteiger partial charge in [0.15, 0.2) is 0 Å². The third kappa shape index (κ3) is 12.5. The van der Waals surface area contributed by atoms with E-state index in [-0.39, 0.29) is 11.9 Å². The third-order valence-electron chi connectivity index (χ3n) is 9.21. The van der Waals surface area contributed by atoms with Crippen LogP contribution in [0, 0.1) is 5.92 Å². The highest BCUT2D eigenvalue weighted by molar-refractivity contribution is 5.99. The molecule has 39 heavy (non-hydrogen) atoms. The molecule has 0 spiro atoms. The Labute approximate surface area is 240 Å². The zero-order chi connectivity index (χ0) is 27.5. The van der Waals surface area contributed by atoms with E-state index in [0.29, 0.717) is 22.9 Å². The largest absolute Gasteiger partial charge is 0.497 e. The van der Waals surface area contributed by atoms with Crippen LogP contribution in [-0.4, -0.2) is 43.6 Å². The van der Waals surface area contributed by atoms with Gasteiger partial charge in [0.05, 0.1) is 12.7 Å². The third-order valence-corrected chi connectivity index (χ3v) is 9.21. The number of nitrogens with two attached hydrogens (primary N) is 1. The lowest BCUT2D eigenvalue weighted by Gasteiger charge is -2.39. The van der Waals surface area contributed by atoms with E-state index < -0.39 is 0 Å². The highest BCUT2D eigenvalue weighted by Crippen LogP contribution is 2.26. The van der Waals surface area contributed by atoms with Crippen LogP contribution < -0.4 is 15.8 Å². The van der Waals surface area contributed by atoms with E-state index in [1.807, 2.05) is 6.07 Å². The standard InChI is InChI=1S/C34H59N3O2/c1-39-30-22-23-31(32(35)27-30)34(38)36-33-28-37-25-20-18-16-14-12-10-8-6-4-2-3-5-7-9-11-13-15-17-19-21-29(33)24-26-37/h22-23,27,29,33H,2-21,24-26,28,35H2,1H3,(H,36,38). The zero-order valence-corrected chi connectivity index (χ0v) is 25.2. The first kappa shape index (κ1) is 31.8. The molecule has 3 heterocycles. The number of amides is 1. The first-order valence-electron chi connectivity index (χ1n) is 16.6. The van der Waals surface area contributed by atoms with Gasteiger partial charge in [-0.2, -0.15) is 0 Å². The number of carbonyl (C=O) groups is 1. The number of nitrogens with one attached hydrogen (secondary N) is 1. The first-order valence-corrected chi connectivity index (χ1v) is 16.6. The Bertz CT molecular complexity index is 795. The summed E-state index contributed by atoms with van der Waals surface area (Å²) in [5.41, 5.74) is 7.26. The van der Waals surface area contributed by atoms with Crippen LogP contribution in [0.1, 0.15) is 145 Å². The lowest BCUT2D eigenvalue weighted by atomic mass is 9.86. The quantitative estimate of drug-likeness (QED) is 0.376. The van der Waals surface area contributed by atoms with E-state index in [0.717, 1.165) is 13.1 Å². The molecule has 2 bridgehead atoms. The molecule has 0 aliphatic carbocycles. The Kier molecular flexibility index (Phi) is 15.8. The molecule has 222 valence electrons. The molecular weight excluding hydrogens is 482 g/mol. The van der Waals surface area contributed by atoms with Crippen molar-refractivity contribution in [1.82, 2.24) is 10.2 Å². The molecule has 1 aromatic carbocycles. The molecule has 3 fully saturated rings. The Hall–Kier alpha value is -1.75. The van der Waals surface area contributed by atoms with Gasteiger partial charge in [-0.1, -0.05) is 116 Å². The summed E-state index contributed by atoms with van der Waals surface area (Å²) in [6.45, 7) is 3.29. The minimum absolute atomic E-state index is 0.0454. The van der Waals surface area contributed by atoms with Crippen LogP contribution in [0.4, 0.5) is 5.69 Å². The normalized spacial score (nSPS) is 26.1. The molecular formula is C34H59N3O2. The maximum absolute atomic E-state index is 13.3. The summed E-state index contributed by atoms with van der Waals surface area (Å²) in [6.07, 6.45) is 28.9. The highest BCUT2D eigenvalue weighted by Gasteiger charge is 2.30. The number of benzene rings is 1. The average molecular weight is 542 g/mol. The molecule has 3 unspecified atom stereocenters. The van der Waals surface area contributed by atoms with E-state index in [4.69, 9.17) is 10.5 Å². The second-order valence-corrected chi connectivity index (χ2v) is 12.4. The summed E-state index contributed by atoms with van der Waals surface area (Å²) in [6, 6.07) is 5.56. The van der Waals surface area contributed by atoms with Gasteiger partial charge in [0.25, 0.3) is 5.91 Å². The Morgan fingerprint density at radius 1 is 0.744 bits per heavy atom. The Morgan fingerprint density at radius 2 is 1.26 bits per heavy atom. The van der Waals surface area contributed by atoms with Gasteiger partial charge in [0.2, 0.25) is 0 Å². The highest BCUT2D eigenvalue weighted by atomic mass is 16.5. The molecule has 3 N–H and O–H groups in total. The van der Waals surface area contributed by atoms with Gasteiger partial charge in [-0.3, -0.25) is 4.79 Å². The minimum atomic E-state index is -0.0454. The summed E-state index contributed by atoms with van der Waals surface area (Å²) in [4.78, 5) is 15.9. The van der Waals surface area contributed by atoms with Gasteiger partial charge in [0.1, 0.15) is 5.75 Å². The predicted octanol–water partition coefficient (Wildman–Crippen LogP) is 8.51. The summed E-state index contributed by atoms with van der Waals surface area (Å²) in [5.74, 6) is 1.19. The van der Waals surface area contributed by atoms with Crippen molar-refractivity contribution in [2.75, 3.05) is 32.5 Å². The molecule has 0 saturated carbocycles. The Morgan fingerprint density at radius 3 is 1.77 bits per heavy atom. The van der Waals surface area contributed by atoms with Crippen molar-refractivity contribution < 1.29 is 9.53 Å². The van der Waals surface area contributed by atoms with Crippen LogP contribution >= 0.6 is 0 Å². The van der Waals surface area contributed by atoms with Crippen LogP contribution in [-0.2, 0) is 0 Å². The van der Waals surface area contributed by atoms with Crippen molar-refractivity contribution in [2.45, 2.75) is 141 Å². The molecule has 3 aliphatic rings. The topological polar surface area (TPSA) is 67.6 Å². The molecule has 5 nitrogen and oxygen atoms in total. The van der Waals surface area contributed by atoms with Gasteiger partial charge < -0.3 is 20.7 Å². The second-order valence-electron chi connectivity index (χ2n) is 12.4. The number of carbonyl (C=O) groups excluding carboxylic acids is 1. The lowest BCUT2D eigenvalue weighted by molar-refractivity contribution is 0.0836. The molecule has 1 amide bonds. The summed E-state index contributed by atoms with van der Waals surface area (Å²) in [7, 11) is 1.62. The average Bonchev–Trinajstić information content (AvgIpc) is 2.94. The maximum Gasteiger partial charge on any atom is 0.253 e. The summed E-state index contributed by atoms with van der Waals surface area (Å²) < 4.78 is 5.27. The molecule has 5 heteroatoms. The van der Waals surface area contributed by atoms with Gasteiger partial charge in [-0.05, 0) is 50.4 Å². The van der Waals surface area contributed by atoms with Crippen LogP contribution in [0.15, 0.2) is 18.2 Å². The van der Waals surface area contributed by atoms with Crippen LogP contribution in [0.2, 0.25) is 0 Å². The van der Waals surface area contributed by atoms with Gasteiger partial charge in [0, 0.05) is 24.3 Å². The van der Waals surface area contributed by atoms with Crippen molar-refractivity contribution in [1.29, 1.82) is 0 Å². The molecule has 1 aromatic rings. The maximum atomic E-state index is 13.3.